The number of hydrogen-bond donors (Lipinski definition) is 1. The summed E-state index contributed by atoms with van der Waals surface area (Å²) in [5, 5.41) is 9.93. The molecule has 1 aliphatic rings. The van der Waals surface area contributed by atoms with Gasteiger partial charge in [0.2, 0.25) is 0 Å². The van der Waals surface area contributed by atoms with Crippen molar-refractivity contribution in [1.29, 1.82) is 0 Å². The summed E-state index contributed by atoms with van der Waals surface area (Å²) in [6.07, 6.45) is -2.39. The van der Waals surface area contributed by atoms with Crippen molar-refractivity contribution in [2.45, 2.75) is 50.8 Å². The lowest BCUT2D eigenvalue weighted by atomic mass is 9.98. The first-order chi connectivity index (χ1) is 15.6. The SMILES string of the molecule is C=CCO[C@H]1O[C@H](CO)[C@@H](OC(C)=O)[C@H](OCc2ccccc2)[C@H]1OCc1ccccc1. The Hall–Kier alpha value is -2.55. The van der Waals surface area contributed by atoms with E-state index in [2.05, 4.69) is 6.58 Å². The van der Waals surface area contributed by atoms with E-state index in [4.69, 9.17) is 23.7 Å². The minimum atomic E-state index is -0.870. The van der Waals surface area contributed by atoms with Crippen LogP contribution in [0, 0.1) is 0 Å². The molecule has 7 heteroatoms. The summed E-state index contributed by atoms with van der Waals surface area (Å²) in [7, 11) is 0. The third-order valence-corrected chi connectivity index (χ3v) is 5.02. The average molecular weight is 443 g/mol. The van der Waals surface area contributed by atoms with E-state index in [1.54, 1.807) is 6.08 Å². The standard InChI is InChI=1S/C25H30O7/c1-3-14-28-25-24(30-17-20-12-8-5-9-13-20)23(29-16-19-10-6-4-7-11-19)22(31-18(2)27)21(15-26)32-25/h3-13,21-26H,1,14-17H2,2H3/t21-,22-,23+,24-,25+/m1/s1. The first-order valence-corrected chi connectivity index (χ1v) is 10.6. The summed E-state index contributed by atoms with van der Waals surface area (Å²) in [4.78, 5) is 11.8. The van der Waals surface area contributed by atoms with E-state index in [1.165, 1.54) is 6.92 Å². The minimum Gasteiger partial charge on any atom is -0.457 e. The molecular weight excluding hydrogens is 412 g/mol. The van der Waals surface area contributed by atoms with E-state index in [0.29, 0.717) is 0 Å². The Kier molecular flexibility index (Phi) is 9.40. The predicted molar refractivity (Wildman–Crippen MR) is 117 cm³/mol. The van der Waals surface area contributed by atoms with Gasteiger partial charge in [-0.2, -0.15) is 0 Å². The number of rotatable bonds is 11. The molecule has 0 spiro atoms. The van der Waals surface area contributed by atoms with Gasteiger partial charge in [-0.1, -0.05) is 66.7 Å². The second kappa shape index (κ2) is 12.5. The van der Waals surface area contributed by atoms with Crippen LogP contribution in [0.3, 0.4) is 0 Å². The molecule has 2 aromatic carbocycles. The van der Waals surface area contributed by atoms with Crippen molar-refractivity contribution < 1.29 is 33.6 Å². The highest BCUT2D eigenvalue weighted by atomic mass is 16.7. The first-order valence-electron chi connectivity index (χ1n) is 10.6. The molecule has 1 aliphatic heterocycles. The molecule has 3 rings (SSSR count). The van der Waals surface area contributed by atoms with E-state index in [-0.39, 0.29) is 26.4 Å². The molecular formula is C25H30O7. The van der Waals surface area contributed by atoms with Crippen molar-refractivity contribution in [3.05, 3.63) is 84.4 Å². The lowest BCUT2D eigenvalue weighted by Crippen LogP contribution is -2.62. The summed E-state index contributed by atoms with van der Waals surface area (Å²) in [5.41, 5.74) is 1.91. The Bertz CT molecular complexity index is 827. The van der Waals surface area contributed by atoms with Crippen molar-refractivity contribution in [2.24, 2.45) is 0 Å². The molecule has 0 bridgehead atoms. The Morgan fingerprint density at radius 2 is 1.50 bits per heavy atom. The van der Waals surface area contributed by atoms with Crippen molar-refractivity contribution in [1.82, 2.24) is 0 Å². The third kappa shape index (κ3) is 6.72. The summed E-state index contributed by atoms with van der Waals surface area (Å²) in [6.45, 7) is 5.38. The maximum atomic E-state index is 11.8. The van der Waals surface area contributed by atoms with Crippen molar-refractivity contribution in [3.8, 4) is 0 Å². The van der Waals surface area contributed by atoms with Gasteiger partial charge in [0.25, 0.3) is 0 Å². The zero-order valence-electron chi connectivity index (χ0n) is 18.2. The summed E-state index contributed by atoms with van der Waals surface area (Å²) in [6, 6.07) is 19.3. The molecule has 1 saturated heterocycles. The minimum absolute atomic E-state index is 0.220. The highest BCUT2D eigenvalue weighted by Crippen LogP contribution is 2.30. The number of hydrogen-bond acceptors (Lipinski definition) is 7. The van der Waals surface area contributed by atoms with Crippen LogP contribution in [-0.2, 0) is 41.7 Å². The molecule has 1 N–H and O–H groups in total. The summed E-state index contributed by atoms with van der Waals surface area (Å²) < 4.78 is 29.7. The number of benzene rings is 2. The fraction of sp³-hybridized carbons (Fsp3) is 0.400. The van der Waals surface area contributed by atoms with Gasteiger partial charge in [0.15, 0.2) is 12.4 Å². The van der Waals surface area contributed by atoms with Crippen LogP contribution in [0.5, 0.6) is 0 Å². The van der Waals surface area contributed by atoms with Gasteiger partial charge in [-0.15, -0.1) is 6.58 Å². The van der Waals surface area contributed by atoms with E-state index in [0.717, 1.165) is 11.1 Å². The fourth-order valence-corrected chi connectivity index (χ4v) is 3.56. The lowest BCUT2D eigenvalue weighted by molar-refractivity contribution is -0.319. The van der Waals surface area contributed by atoms with E-state index in [1.807, 2.05) is 60.7 Å². The van der Waals surface area contributed by atoms with Crippen LogP contribution < -0.4 is 0 Å². The van der Waals surface area contributed by atoms with Crippen molar-refractivity contribution in [3.63, 3.8) is 0 Å². The van der Waals surface area contributed by atoms with Crippen LogP contribution in [0.1, 0.15) is 18.1 Å². The molecule has 0 saturated carbocycles. The van der Waals surface area contributed by atoms with Gasteiger partial charge < -0.3 is 28.8 Å². The Morgan fingerprint density at radius 3 is 2.00 bits per heavy atom. The molecule has 172 valence electrons. The molecule has 1 heterocycles. The van der Waals surface area contributed by atoms with Crippen LogP contribution in [0.25, 0.3) is 0 Å². The molecule has 32 heavy (non-hydrogen) atoms. The average Bonchev–Trinajstić information content (AvgIpc) is 2.82. The Balaban J connectivity index is 1.86. The van der Waals surface area contributed by atoms with Gasteiger partial charge in [0, 0.05) is 6.92 Å². The van der Waals surface area contributed by atoms with Gasteiger partial charge >= 0.3 is 5.97 Å². The maximum absolute atomic E-state index is 11.8. The zero-order chi connectivity index (χ0) is 22.8. The predicted octanol–water partition coefficient (Wildman–Crippen LogP) is 3.01. The van der Waals surface area contributed by atoms with Crippen molar-refractivity contribution in [2.75, 3.05) is 13.2 Å². The molecule has 0 aromatic heterocycles. The lowest BCUT2D eigenvalue weighted by Gasteiger charge is -2.44. The zero-order valence-corrected chi connectivity index (χ0v) is 18.2. The Morgan fingerprint density at radius 1 is 0.938 bits per heavy atom. The van der Waals surface area contributed by atoms with Gasteiger partial charge in [-0.3, -0.25) is 4.79 Å². The normalized spacial score (nSPS) is 25.2. The van der Waals surface area contributed by atoms with Crippen LogP contribution in [-0.4, -0.2) is 55.0 Å². The highest BCUT2D eigenvalue weighted by Gasteiger charge is 2.49. The quantitative estimate of drug-likeness (QED) is 0.423. The second-order valence-corrected chi connectivity index (χ2v) is 7.44. The molecule has 0 unspecified atom stereocenters. The number of carbonyl (C=O) groups excluding carboxylic acids is 1. The summed E-state index contributed by atoms with van der Waals surface area (Å²) in [5.74, 6) is -0.502. The molecule has 5 atom stereocenters. The van der Waals surface area contributed by atoms with Crippen LogP contribution in [0.2, 0.25) is 0 Å². The van der Waals surface area contributed by atoms with Gasteiger partial charge in [-0.05, 0) is 11.1 Å². The molecule has 1 fully saturated rings. The smallest absolute Gasteiger partial charge is 0.303 e. The fourth-order valence-electron chi connectivity index (χ4n) is 3.56. The first kappa shape index (κ1) is 24.1. The van der Waals surface area contributed by atoms with Crippen LogP contribution in [0.4, 0.5) is 0 Å². The van der Waals surface area contributed by atoms with E-state index < -0.39 is 36.7 Å². The van der Waals surface area contributed by atoms with Crippen molar-refractivity contribution >= 4 is 5.97 Å². The molecule has 7 nitrogen and oxygen atoms in total. The highest BCUT2D eigenvalue weighted by molar-refractivity contribution is 5.66. The monoisotopic (exact) mass is 442 g/mol. The summed E-state index contributed by atoms with van der Waals surface area (Å²) >= 11 is 0. The number of aliphatic hydroxyl groups excluding tert-OH is 1. The van der Waals surface area contributed by atoms with Gasteiger partial charge in [0.05, 0.1) is 26.4 Å². The Labute approximate surface area is 188 Å². The number of aliphatic hydroxyl groups is 1. The third-order valence-electron chi connectivity index (χ3n) is 5.02. The van der Waals surface area contributed by atoms with Gasteiger partial charge in [-0.25, -0.2) is 0 Å². The number of carbonyl (C=O) groups is 1. The second-order valence-electron chi connectivity index (χ2n) is 7.44. The number of esters is 1. The van der Waals surface area contributed by atoms with Gasteiger partial charge in [0.1, 0.15) is 18.3 Å². The molecule has 0 aliphatic carbocycles. The molecule has 2 aromatic rings. The number of ether oxygens (including phenoxy) is 5. The van der Waals surface area contributed by atoms with Crippen LogP contribution in [0.15, 0.2) is 73.3 Å². The maximum Gasteiger partial charge on any atom is 0.303 e. The largest absolute Gasteiger partial charge is 0.457 e. The van der Waals surface area contributed by atoms with Crippen LogP contribution >= 0.6 is 0 Å². The van der Waals surface area contributed by atoms with E-state index >= 15 is 0 Å². The topological polar surface area (TPSA) is 83.5 Å². The molecule has 0 amide bonds. The van der Waals surface area contributed by atoms with E-state index in [9.17, 15) is 9.90 Å². The molecule has 0 radical (unpaired) electrons.